The summed E-state index contributed by atoms with van der Waals surface area (Å²) in [7, 11) is 2.21. The number of nitrogens with zero attached hydrogens (tertiary/aromatic N) is 2. The molecule has 3 saturated carbocycles. The molecule has 5 aliphatic rings. The zero-order chi connectivity index (χ0) is 27.8. The Balaban J connectivity index is 1.43. The van der Waals surface area contributed by atoms with Crippen molar-refractivity contribution < 1.29 is 19.0 Å². The van der Waals surface area contributed by atoms with E-state index in [0.717, 1.165) is 44.9 Å². The van der Waals surface area contributed by atoms with Crippen LogP contribution in [0.15, 0.2) is 35.4 Å². The van der Waals surface area contributed by atoms with Crippen LogP contribution in [0.1, 0.15) is 69.8 Å². The predicted octanol–water partition coefficient (Wildman–Crippen LogP) is 6.13. The van der Waals surface area contributed by atoms with Crippen LogP contribution in [0.5, 0.6) is 0 Å². The van der Waals surface area contributed by atoms with Gasteiger partial charge in [0, 0.05) is 44.0 Å². The van der Waals surface area contributed by atoms with Crippen molar-refractivity contribution in [3.8, 4) is 6.07 Å². The van der Waals surface area contributed by atoms with Crippen LogP contribution < -0.4 is 4.90 Å². The second-order valence-corrected chi connectivity index (χ2v) is 18.8. The zero-order valence-corrected chi connectivity index (χ0v) is 25.7. The first-order chi connectivity index (χ1) is 18.3. The van der Waals surface area contributed by atoms with Gasteiger partial charge < -0.3 is 23.9 Å². The lowest BCUT2D eigenvalue weighted by atomic mass is 9.51. The number of benzene rings is 1. The molecular formula is C32H46N2O4Si. The number of anilines is 1. The molecule has 7 heteroatoms. The van der Waals surface area contributed by atoms with Crippen molar-refractivity contribution in [2.45, 2.75) is 101 Å². The second kappa shape index (κ2) is 9.16. The van der Waals surface area contributed by atoms with Gasteiger partial charge in [-0.25, -0.2) is 0 Å². The topological polar surface area (TPSA) is 75.0 Å². The third kappa shape index (κ3) is 4.25. The van der Waals surface area contributed by atoms with E-state index >= 15 is 0 Å². The van der Waals surface area contributed by atoms with Gasteiger partial charge in [0.2, 0.25) is 0 Å². The summed E-state index contributed by atoms with van der Waals surface area (Å²) in [5.41, 5.74) is 3.31. The third-order valence-electron chi connectivity index (χ3n) is 10.8. The minimum atomic E-state index is -1.91. The standard InChI is InChI=1S/C32H46N2O4Si/c1-29-14-11-25-24(27(29)13-16-31(29,21-33)38-39(4,5)6)12-15-30(35)20-32(36-17-18-37-32)19-26(28(25)30)22-7-9-23(10-8-22)34(2)3/h7-10,24,26-27,35H,11-20H2,1-6H3/t24-,26+,27+,29+,30-,31+/m1/s1. The number of hydrogen-bond acceptors (Lipinski definition) is 6. The fourth-order valence-electron chi connectivity index (χ4n) is 9.22. The Kier molecular flexibility index (Phi) is 6.45. The molecule has 1 saturated heterocycles. The highest BCUT2D eigenvalue weighted by molar-refractivity contribution is 6.69. The fourth-order valence-corrected chi connectivity index (χ4v) is 10.6. The van der Waals surface area contributed by atoms with E-state index in [0.29, 0.717) is 31.5 Å². The molecule has 0 bridgehead atoms. The molecular weight excluding hydrogens is 504 g/mol. The average molecular weight is 551 g/mol. The summed E-state index contributed by atoms with van der Waals surface area (Å²) in [5.74, 6) is 0.137. The first-order valence-electron chi connectivity index (χ1n) is 15.0. The van der Waals surface area contributed by atoms with Gasteiger partial charge in [-0.2, -0.15) is 5.26 Å². The minimum Gasteiger partial charge on any atom is -0.399 e. The molecule has 212 valence electrons. The maximum absolute atomic E-state index is 12.4. The summed E-state index contributed by atoms with van der Waals surface area (Å²) < 4.78 is 19.3. The molecule has 0 unspecified atom stereocenters. The van der Waals surface area contributed by atoms with Crippen molar-refractivity contribution in [2.75, 3.05) is 32.2 Å². The maximum Gasteiger partial charge on any atom is 0.185 e. The third-order valence-corrected chi connectivity index (χ3v) is 11.8. The Morgan fingerprint density at radius 3 is 2.36 bits per heavy atom. The monoisotopic (exact) mass is 550 g/mol. The lowest BCUT2D eigenvalue weighted by molar-refractivity contribution is -0.212. The molecule has 0 amide bonds. The summed E-state index contributed by atoms with van der Waals surface area (Å²) in [5, 5.41) is 23.0. The van der Waals surface area contributed by atoms with Crippen LogP contribution in [-0.4, -0.2) is 57.7 Å². The molecule has 4 aliphatic carbocycles. The lowest BCUT2D eigenvalue weighted by Gasteiger charge is -2.57. The first kappa shape index (κ1) is 27.5. The van der Waals surface area contributed by atoms with Crippen molar-refractivity contribution in [3.05, 3.63) is 41.0 Å². The second-order valence-electron chi connectivity index (χ2n) is 14.4. The molecule has 4 fully saturated rings. The van der Waals surface area contributed by atoms with Crippen molar-refractivity contribution >= 4 is 14.0 Å². The summed E-state index contributed by atoms with van der Waals surface area (Å²) >= 11 is 0. The van der Waals surface area contributed by atoms with E-state index in [-0.39, 0.29) is 11.3 Å². The van der Waals surface area contributed by atoms with E-state index in [4.69, 9.17) is 13.9 Å². The smallest absolute Gasteiger partial charge is 0.185 e. The summed E-state index contributed by atoms with van der Waals surface area (Å²) in [6.07, 6.45) is 6.63. The Labute approximate surface area is 235 Å². The molecule has 0 radical (unpaired) electrons. The number of rotatable bonds is 4. The normalized spacial score (nSPS) is 39.2. The summed E-state index contributed by atoms with van der Waals surface area (Å²) in [4.78, 5) is 2.12. The predicted molar refractivity (Wildman–Crippen MR) is 155 cm³/mol. The molecule has 1 aromatic carbocycles. The van der Waals surface area contributed by atoms with E-state index in [2.05, 4.69) is 75.9 Å². The van der Waals surface area contributed by atoms with Gasteiger partial charge in [-0.1, -0.05) is 24.6 Å². The molecule has 39 heavy (non-hydrogen) atoms. The fraction of sp³-hybridized carbons (Fsp3) is 0.719. The molecule has 6 atom stereocenters. The van der Waals surface area contributed by atoms with Gasteiger partial charge in [0.1, 0.15) is 5.60 Å². The number of aliphatic hydroxyl groups is 1. The van der Waals surface area contributed by atoms with E-state index in [1.54, 1.807) is 0 Å². The molecule has 6 nitrogen and oxygen atoms in total. The largest absolute Gasteiger partial charge is 0.399 e. The van der Waals surface area contributed by atoms with Crippen LogP contribution in [-0.2, 0) is 13.9 Å². The molecule has 1 spiro atoms. The van der Waals surface area contributed by atoms with Gasteiger partial charge in [-0.15, -0.1) is 0 Å². The Morgan fingerprint density at radius 2 is 1.74 bits per heavy atom. The Morgan fingerprint density at radius 1 is 1.05 bits per heavy atom. The van der Waals surface area contributed by atoms with Gasteiger partial charge >= 0.3 is 0 Å². The Hall–Kier alpha value is -1.69. The lowest BCUT2D eigenvalue weighted by Crippen LogP contribution is -2.57. The van der Waals surface area contributed by atoms with Crippen LogP contribution in [0.25, 0.3) is 0 Å². The van der Waals surface area contributed by atoms with Crippen molar-refractivity contribution in [1.82, 2.24) is 0 Å². The highest BCUT2D eigenvalue weighted by atomic mass is 28.4. The van der Waals surface area contributed by atoms with Crippen LogP contribution in [0, 0.1) is 28.6 Å². The van der Waals surface area contributed by atoms with Crippen LogP contribution in [0.4, 0.5) is 5.69 Å². The van der Waals surface area contributed by atoms with Crippen LogP contribution >= 0.6 is 0 Å². The van der Waals surface area contributed by atoms with Gasteiger partial charge in [-0.05, 0) is 93.3 Å². The molecule has 1 N–H and O–H groups in total. The van der Waals surface area contributed by atoms with E-state index in [1.165, 1.54) is 22.4 Å². The highest BCUT2D eigenvalue weighted by Crippen LogP contribution is 2.67. The summed E-state index contributed by atoms with van der Waals surface area (Å²) in [6, 6.07) is 11.6. The number of hydrogen-bond donors (Lipinski definition) is 1. The maximum atomic E-state index is 12.4. The van der Waals surface area contributed by atoms with Crippen molar-refractivity contribution in [3.63, 3.8) is 0 Å². The van der Waals surface area contributed by atoms with Crippen molar-refractivity contribution in [1.29, 1.82) is 5.26 Å². The van der Waals surface area contributed by atoms with E-state index in [9.17, 15) is 10.4 Å². The zero-order valence-electron chi connectivity index (χ0n) is 24.7. The molecule has 0 aromatic heterocycles. The van der Waals surface area contributed by atoms with Crippen LogP contribution in [0.2, 0.25) is 19.6 Å². The number of fused-ring (bicyclic) bond motifs is 4. The van der Waals surface area contributed by atoms with Gasteiger partial charge in [0.15, 0.2) is 14.1 Å². The van der Waals surface area contributed by atoms with E-state index in [1.807, 2.05) is 0 Å². The first-order valence-corrected chi connectivity index (χ1v) is 18.4. The molecule has 6 rings (SSSR count). The van der Waals surface area contributed by atoms with Gasteiger partial charge in [0.25, 0.3) is 0 Å². The average Bonchev–Trinajstić information content (AvgIpc) is 3.43. The molecule has 1 aliphatic heterocycles. The van der Waals surface area contributed by atoms with Crippen molar-refractivity contribution in [2.24, 2.45) is 17.3 Å². The molecule has 1 aromatic rings. The minimum absolute atomic E-state index is 0.0561. The quantitative estimate of drug-likeness (QED) is 0.359. The van der Waals surface area contributed by atoms with Crippen LogP contribution in [0.3, 0.4) is 0 Å². The Bertz CT molecular complexity index is 1190. The van der Waals surface area contributed by atoms with Gasteiger partial charge in [-0.3, -0.25) is 0 Å². The number of allylic oxidation sites excluding steroid dienone is 1. The van der Waals surface area contributed by atoms with E-state index < -0.39 is 25.3 Å². The van der Waals surface area contributed by atoms with Gasteiger partial charge in [0.05, 0.1) is 24.9 Å². The number of nitriles is 1. The SMILES string of the molecule is CN(C)c1ccc([C@@H]2CC3(C[C@]4(O)CC[C@@H]5C(=C24)CC[C@@]2(C)[C@H]5CC[C@@]2(C#N)O[Si](C)(C)C)OCCO3)cc1. The summed E-state index contributed by atoms with van der Waals surface area (Å²) in [6.45, 7) is 10.1. The molecule has 1 heterocycles. The number of ether oxygens (including phenoxy) is 2. The highest BCUT2D eigenvalue weighted by Gasteiger charge is 2.65.